The van der Waals surface area contributed by atoms with Gasteiger partial charge in [0.1, 0.15) is 5.75 Å². The Hall–Kier alpha value is -4.36. The Kier molecular flexibility index (Phi) is 19.5. The van der Waals surface area contributed by atoms with Gasteiger partial charge in [-0.25, -0.2) is 9.97 Å². The van der Waals surface area contributed by atoms with Gasteiger partial charge in [0.2, 0.25) is 5.95 Å². The maximum absolute atomic E-state index is 6.51. The van der Waals surface area contributed by atoms with Gasteiger partial charge in [-0.2, -0.15) is 0 Å². The number of hydrogen-bond donors (Lipinski definition) is 2. The average molecular weight is 695 g/mol. The lowest BCUT2D eigenvalue weighted by molar-refractivity contribution is 0.413. The molecule has 0 spiro atoms. The van der Waals surface area contributed by atoms with Crippen LogP contribution < -0.4 is 20.7 Å². The summed E-state index contributed by atoms with van der Waals surface area (Å²) >= 11 is 0. The summed E-state index contributed by atoms with van der Waals surface area (Å²) in [5.41, 5.74) is 16.6. The third-order valence-corrected chi connectivity index (χ3v) is 8.69. The maximum Gasteiger partial charge on any atom is 0.227 e. The van der Waals surface area contributed by atoms with Crippen LogP contribution in [0.5, 0.6) is 5.75 Å². The minimum absolute atomic E-state index is 0.468. The van der Waals surface area contributed by atoms with Crippen LogP contribution in [0.3, 0.4) is 0 Å². The fourth-order valence-corrected chi connectivity index (χ4v) is 5.74. The van der Waals surface area contributed by atoms with Crippen LogP contribution in [0.25, 0.3) is 11.1 Å². The molecule has 0 radical (unpaired) electrons. The molecule has 3 rings (SSSR count). The van der Waals surface area contributed by atoms with Crippen LogP contribution in [-0.2, 0) is 12.8 Å². The molecule has 0 aliphatic carbocycles. The summed E-state index contributed by atoms with van der Waals surface area (Å²) in [6.07, 6.45) is 22.0. The minimum Gasteiger partial charge on any atom is -0.494 e. The first-order chi connectivity index (χ1) is 24.6. The van der Waals surface area contributed by atoms with E-state index in [0.717, 1.165) is 54.0 Å². The van der Waals surface area contributed by atoms with Gasteiger partial charge in [0.05, 0.1) is 29.9 Å². The highest BCUT2D eigenvalue weighted by Crippen LogP contribution is 2.37. The smallest absolute Gasteiger partial charge is 0.227 e. The summed E-state index contributed by atoms with van der Waals surface area (Å²) in [6, 6.07) is 10.5. The number of nitrogen functional groups attached to an aromatic ring is 1. The van der Waals surface area contributed by atoms with E-state index in [2.05, 4.69) is 124 Å². The first kappa shape index (κ1) is 42.8. The van der Waals surface area contributed by atoms with Crippen molar-refractivity contribution < 1.29 is 4.74 Å². The van der Waals surface area contributed by atoms with Crippen molar-refractivity contribution in [3.05, 3.63) is 101 Å². The van der Waals surface area contributed by atoms with E-state index in [1.54, 1.807) is 7.11 Å². The van der Waals surface area contributed by atoms with Gasteiger partial charge in [0.25, 0.3) is 0 Å². The van der Waals surface area contributed by atoms with Crippen molar-refractivity contribution in [2.24, 2.45) is 0 Å². The number of unbranched alkanes of at least 4 members (excludes halogenated alkanes) is 3. The van der Waals surface area contributed by atoms with Gasteiger partial charge >= 0.3 is 0 Å². The molecule has 0 saturated heterocycles. The van der Waals surface area contributed by atoms with Crippen molar-refractivity contribution in [3.8, 4) is 5.75 Å². The van der Waals surface area contributed by atoms with Crippen LogP contribution >= 0.6 is 0 Å². The Balaban J connectivity index is 0.000000783. The summed E-state index contributed by atoms with van der Waals surface area (Å²) < 4.78 is 5.76. The van der Waals surface area contributed by atoms with Crippen LogP contribution in [0, 0.1) is 0 Å². The van der Waals surface area contributed by atoms with E-state index in [0.29, 0.717) is 23.1 Å². The molecule has 0 bridgehead atoms. The zero-order chi connectivity index (χ0) is 37.8. The zero-order valence-corrected chi connectivity index (χ0v) is 33.4. The van der Waals surface area contributed by atoms with Gasteiger partial charge in [0.15, 0.2) is 0 Å². The largest absolute Gasteiger partial charge is 0.494 e. The van der Waals surface area contributed by atoms with E-state index in [-0.39, 0.29) is 0 Å². The molecule has 0 amide bonds. The number of ether oxygens (including phenoxy) is 1. The van der Waals surface area contributed by atoms with Crippen LogP contribution in [0.4, 0.5) is 23.0 Å². The minimum atomic E-state index is 0.468. The van der Waals surface area contributed by atoms with E-state index in [1.807, 2.05) is 32.3 Å². The maximum atomic E-state index is 6.51. The standard InChI is InChI=1S/C34H48N6O.C10H18/c1-10-13-15-24-16-14-17-27(25(24)11-2)26(12-3)33-28(23(4)5)22-36-34(38-33)37-30-20-29(35)31(21-32(30)41-9)40(8)19-18-39(6)7;1-3-5-7-9-10-8-6-4-2/h12,14,16-17,20-22H,4,10-11,13,15,18-19,35H2,1-3,5-9H3,(H,36,37,38);7-10H,3-6H2,1-2H3/b26-12+;9-7-,10-8-. The van der Waals surface area contributed by atoms with E-state index < -0.39 is 0 Å². The fraction of sp³-hybridized carbons (Fsp3) is 0.455. The first-order valence-corrected chi connectivity index (χ1v) is 18.8. The summed E-state index contributed by atoms with van der Waals surface area (Å²) in [4.78, 5) is 14.0. The lowest BCUT2D eigenvalue weighted by Gasteiger charge is -2.24. The Morgan fingerprint density at radius 2 is 1.65 bits per heavy atom. The van der Waals surface area contributed by atoms with Crippen LogP contribution in [0.15, 0.2) is 73.5 Å². The number of methoxy groups -OCH3 is 1. The van der Waals surface area contributed by atoms with Crippen LogP contribution in [-0.4, -0.2) is 56.2 Å². The molecule has 51 heavy (non-hydrogen) atoms. The number of anilines is 4. The van der Waals surface area contributed by atoms with E-state index >= 15 is 0 Å². The molecular weight excluding hydrogens is 629 g/mol. The van der Waals surface area contributed by atoms with Gasteiger partial charge in [-0.05, 0) is 88.4 Å². The molecule has 0 aliphatic heterocycles. The van der Waals surface area contributed by atoms with Crippen LogP contribution in [0.1, 0.15) is 108 Å². The zero-order valence-electron chi connectivity index (χ0n) is 33.4. The molecule has 0 saturated carbocycles. The number of likely N-dealkylation sites (N-methyl/N-ethyl adjacent to an activating group) is 2. The molecule has 2 aromatic carbocycles. The number of allylic oxidation sites excluding steroid dienone is 6. The number of aryl methyl sites for hydroxylation is 1. The summed E-state index contributed by atoms with van der Waals surface area (Å²) in [7, 11) is 7.81. The second kappa shape index (κ2) is 23.2. The molecule has 278 valence electrons. The lowest BCUT2D eigenvalue weighted by Crippen LogP contribution is -2.29. The Morgan fingerprint density at radius 3 is 2.20 bits per heavy atom. The first-order valence-electron chi connectivity index (χ1n) is 18.8. The van der Waals surface area contributed by atoms with Gasteiger partial charge in [-0.1, -0.05) is 102 Å². The highest BCUT2D eigenvalue weighted by Gasteiger charge is 2.19. The SMILES string of the molecule is C=C(C)c1cnc(Nc2cc(N)c(N(C)CCN(C)C)cc2OC)nc1/C(=C/C)c1cccc(CCCC)c1CC.CCC/C=C\C=C/CCC. The van der Waals surface area contributed by atoms with Crippen molar-refractivity contribution in [2.45, 2.75) is 92.9 Å². The second-order valence-corrected chi connectivity index (χ2v) is 13.2. The third kappa shape index (κ3) is 13.4. The molecule has 3 aromatic rings. The molecule has 1 heterocycles. The topological polar surface area (TPSA) is 79.5 Å². The molecule has 0 unspecified atom stereocenters. The molecule has 0 aliphatic rings. The number of nitrogens with two attached hydrogens (primary N) is 1. The van der Waals surface area contributed by atoms with Gasteiger partial charge < -0.3 is 25.6 Å². The van der Waals surface area contributed by atoms with Crippen molar-refractivity contribution in [1.82, 2.24) is 14.9 Å². The molecule has 7 nitrogen and oxygen atoms in total. The molecule has 7 heteroatoms. The Morgan fingerprint density at radius 1 is 0.961 bits per heavy atom. The van der Waals surface area contributed by atoms with Gasteiger partial charge in [-0.3, -0.25) is 0 Å². The normalized spacial score (nSPS) is 11.6. The van der Waals surface area contributed by atoms with E-state index in [1.165, 1.54) is 55.2 Å². The molecule has 0 fully saturated rings. The predicted molar refractivity (Wildman–Crippen MR) is 225 cm³/mol. The summed E-state index contributed by atoms with van der Waals surface area (Å²) in [5, 5.41) is 3.37. The fourth-order valence-electron chi connectivity index (χ4n) is 5.74. The number of nitrogens with zero attached hydrogens (tertiary/aromatic N) is 4. The van der Waals surface area contributed by atoms with Gasteiger partial charge in [0, 0.05) is 43.5 Å². The Bertz CT molecular complexity index is 1590. The number of rotatable bonds is 19. The van der Waals surface area contributed by atoms with E-state index in [4.69, 9.17) is 15.5 Å². The summed E-state index contributed by atoms with van der Waals surface area (Å²) in [5.74, 6) is 1.14. The monoisotopic (exact) mass is 695 g/mol. The number of benzene rings is 2. The van der Waals surface area contributed by atoms with Gasteiger partial charge in [-0.15, -0.1) is 0 Å². The predicted octanol–water partition coefficient (Wildman–Crippen LogP) is 10.9. The molecular formula is C44H66N6O. The number of hydrogen-bond acceptors (Lipinski definition) is 7. The van der Waals surface area contributed by atoms with Crippen LogP contribution in [0.2, 0.25) is 0 Å². The quantitative estimate of drug-likeness (QED) is 0.0955. The second-order valence-electron chi connectivity index (χ2n) is 13.2. The number of nitrogens with one attached hydrogen (secondary N) is 1. The Labute approximate surface area is 310 Å². The lowest BCUT2D eigenvalue weighted by atomic mass is 9.88. The highest BCUT2D eigenvalue weighted by atomic mass is 16.5. The van der Waals surface area contributed by atoms with Crippen molar-refractivity contribution in [3.63, 3.8) is 0 Å². The molecule has 3 N–H and O–H groups in total. The van der Waals surface area contributed by atoms with Crippen molar-refractivity contribution >= 4 is 34.2 Å². The number of aromatic nitrogens is 2. The summed E-state index contributed by atoms with van der Waals surface area (Å²) in [6.45, 7) is 18.9. The average Bonchev–Trinajstić information content (AvgIpc) is 3.12. The highest BCUT2D eigenvalue weighted by molar-refractivity contribution is 5.86. The molecule has 1 aromatic heterocycles. The van der Waals surface area contributed by atoms with Crippen molar-refractivity contribution in [1.29, 1.82) is 0 Å². The van der Waals surface area contributed by atoms with Crippen molar-refractivity contribution in [2.75, 3.05) is 57.3 Å². The third-order valence-electron chi connectivity index (χ3n) is 8.69. The van der Waals surface area contributed by atoms with E-state index in [9.17, 15) is 0 Å². The molecule has 0 atom stereocenters.